The Morgan fingerprint density at radius 3 is 1.31 bits per heavy atom. The van der Waals surface area contributed by atoms with Crippen LogP contribution >= 0.6 is 0 Å². The summed E-state index contributed by atoms with van der Waals surface area (Å²) in [5, 5.41) is 41.0. The molecule has 134 valence electrons. The Morgan fingerprint density at radius 1 is 0.769 bits per heavy atom. The number of rotatable bonds is 10. The van der Waals surface area contributed by atoms with Gasteiger partial charge in [-0.05, 0) is 12.8 Å². The largest absolute Gasteiger partial charge is 0.355 e. The van der Waals surface area contributed by atoms with Gasteiger partial charge in [0.1, 0.15) is 24.3 Å². The van der Waals surface area contributed by atoms with Gasteiger partial charge < -0.3 is 0 Å². The van der Waals surface area contributed by atoms with Crippen molar-refractivity contribution in [2.24, 2.45) is 10.2 Å². The van der Waals surface area contributed by atoms with Gasteiger partial charge in [0, 0.05) is 12.8 Å². The molecule has 0 bridgehead atoms. The summed E-state index contributed by atoms with van der Waals surface area (Å²) in [5.74, 6) is -1.84. The molecule has 0 spiro atoms. The summed E-state index contributed by atoms with van der Waals surface area (Å²) in [6.07, 6.45) is -0.828. The van der Waals surface area contributed by atoms with Crippen molar-refractivity contribution >= 4 is 11.9 Å². The highest BCUT2D eigenvalue weighted by atomic mass is 17.2. The minimum absolute atomic E-state index is 0.0117. The highest BCUT2D eigenvalue weighted by Gasteiger charge is 2.30. The average Bonchev–Trinajstić information content (AvgIpc) is 2.68. The molecule has 0 rings (SSSR count). The smallest absolute Gasteiger partial charge is 0.247 e. The van der Waals surface area contributed by atoms with Crippen LogP contribution in [0.15, 0.2) is 10.2 Å². The van der Waals surface area contributed by atoms with Gasteiger partial charge in [0.15, 0.2) is 0 Å². The van der Waals surface area contributed by atoms with Crippen molar-refractivity contribution in [2.75, 3.05) is 0 Å². The maximum Gasteiger partial charge on any atom is 0.355 e. The number of carbonyl (C=O) groups excluding carboxylic acids is 2. The first kappa shape index (κ1) is 22.1. The molecule has 0 aromatic rings. The lowest BCUT2D eigenvalue weighted by Gasteiger charge is -2.10. The molecular weight excluding hydrogens is 344 g/mol. The Labute approximate surface area is 148 Å². The molecular formula is C14H14N8O4. The van der Waals surface area contributed by atoms with Gasteiger partial charge in [-0.2, -0.15) is 31.3 Å². The number of nitrogens with one attached hydrogen (secondary N) is 2. The Kier molecular flexibility index (Phi) is 9.18. The predicted molar refractivity (Wildman–Crippen MR) is 78.1 cm³/mol. The van der Waals surface area contributed by atoms with E-state index in [2.05, 4.69) is 20.0 Å². The van der Waals surface area contributed by atoms with Gasteiger partial charge >= 0.3 is 11.9 Å². The Morgan fingerprint density at radius 2 is 1.08 bits per heavy atom. The SMILES string of the molecule is N#CC(C#N)(CCCC(=O)OOC(=O)CCCC(C#N)(C#N)N=N)N=N. The van der Waals surface area contributed by atoms with Crippen LogP contribution in [0, 0.1) is 56.4 Å². The molecule has 0 saturated carbocycles. The van der Waals surface area contributed by atoms with E-state index in [1.165, 1.54) is 0 Å². The van der Waals surface area contributed by atoms with Crippen LogP contribution in [0.1, 0.15) is 38.5 Å². The number of hydrogen-bond donors (Lipinski definition) is 2. The maximum atomic E-state index is 11.4. The van der Waals surface area contributed by atoms with Gasteiger partial charge in [0.05, 0.1) is 12.8 Å². The molecule has 0 aliphatic heterocycles. The molecule has 0 saturated heterocycles. The van der Waals surface area contributed by atoms with Crippen molar-refractivity contribution < 1.29 is 19.4 Å². The van der Waals surface area contributed by atoms with Gasteiger partial charge in [-0.25, -0.2) is 30.4 Å². The third-order valence-corrected chi connectivity index (χ3v) is 3.19. The van der Waals surface area contributed by atoms with Crippen molar-refractivity contribution in [3.63, 3.8) is 0 Å². The Bertz CT molecular complexity index is 631. The number of nitriles is 4. The molecule has 0 atom stereocenters. The maximum absolute atomic E-state index is 11.4. The quantitative estimate of drug-likeness (QED) is 0.333. The first-order valence-electron chi connectivity index (χ1n) is 7.19. The van der Waals surface area contributed by atoms with E-state index >= 15 is 0 Å². The van der Waals surface area contributed by atoms with Crippen molar-refractivity contribution in [1.82, 2.24) is 0 Å². The third-order valence-electron chi connectivity index (χ3n) is 3.19. The second-order valence-corrected chi connectivity index (χ2v) is 5.01. The molecule has 0 aliphatic carbocycles. The van der Waals surface area contributed by atoms with Crippen LogP contribution in [0.2, 0.25) is 0 Å². The zero-order chi connectivity index (χ0) is 20.1. The monoisotopic (exact) mass is 358 g/mol. The normalized spacial score (nSPS) is 10.2. The number of hydrogen-bond acceptors (Lipinski definition) is 12. The van der Waals surface area contributed by atoms with Gasteiger partial charge in [-0.15, -0.1) is 0 Å². The third kappa shape index (κ3) is 6.69. The number of nitrogens with zero attached hydrogens (tertiary/aromatic N) is 6. The Hall–Kier alpha value is -3.90. The molecule has 0 aromatic heterocycles. The molecule has 12 nitrogen and oxygen atoms in total. The van der Waals surface area contributed by atoms with Crippen LogP contribution in [-0.2, 0) is 19.4 Å². The van der Waals surface area contributed by atoms with Crippen LogP contribution in [0.25, 0.3) is 0 Å². The van der Waals surface area contributed by atoms with Gasteiger partial charge in [0.2, 0.25) is 0 Å². The fourth-order valence-electron chi connectivity index (χ4n) is 1.64. The van der Waals surface area contributed by atoms with E-state index in [1.807, 2.05) is 0 Å². The number of carbonyl (C=O) groups is 2. The molecule has 0 amide bonds. The van der Waals surface area contributed by atoms with Crippen molar-refractivity contribution in [3.05, 3.63) is 0 Å². The predicted octanol–water partition coefficient (Wildman–Crippen LogP) is 1.96. The molecule has 0 unspecified atom stereocenters. The minimum atomic E-state index is -1.85. The lowest BCUT2D eigenvalue weighted by Crippen LogP contribution is -2.22. The summed E-state index contributed by atoms with van der Waals surface area (Å²) in [5.41, 5.74) is 9.93. The van der Waals surface area contributed by atoms with Crippen LogP contribution < -0.4 is 0 Å². The summed E-state index contributed by atoms with van der Waals surface area (Å²) in [7, 11) is 0. The van der Waals surface area contributed by atoms with Crippen LogP contribution in [0.3, 0.4) is 0 Å². The average molecular weight is 358 g/mol. The minimum Gasteiger partial charge on any atom is -0.247 e. The van der Waals surface area contributed by atoms with Crippen molar-refractivity contribution in [2.45, 2.75) is 49.6 Å². The zero-order valence-corrected chi connectivity index (χ0v) is 13.6. The topological polar surface area (TPSA) is 220 Å². The molecule has 0 radical (unpaired) electrons. The molecule has 0 heterocycles. The molecule has 26 heavy (non-hydrogen) atoms. The highest BCUT2D eigenvalue weighted by Crippen LogP contribution is 2.19. The van der Waals surface area contributed by atoms with E-state index in [0.717, 1.165) is 0 Å². The molecule has 0 aromatic carbocycles. The van der Waals surface area contributed by atoms with E-state index in [-0.39, 0.29) is 38.5 Å². The van der Waals surface area contributed by atoms with Crippen molar-refractivity contribution in [3.8, 4) is 24.3 Å². The van der Waals surface area contributed by atoms with E-state index < -0.39 is 23.0 Å². The van der Waals surface area contributed by atoms with E-state index in [0.29, 0.717) is 0 Å². The standard InChI is InChI=1S/C14H14N8O4/c15-7-13(8-16,21-19)5-1-3-11(23)25-26-12(24)4-2-6-14(9-17,10-18)22-20/h19-20H,1-6H2. The summed E-state index contributed by atoms with van der Waals surface area (Å²) < 4.78 is 0. The first-order chi connectivity index (χ1) is 12.4. The second-order valence-electron chi connectivity index (χ2n) is 5.01. The molecule has 12 heteroatoms. The lowest BCUT2D eigenvalue weighted by molar-refractivity contribution is -0.259. The van der Waals surface area contributed by atoms with Gasteiger partial charge in [0.25, 0.3) is 11.1 Å². The van der Waals surface area contributed by atoms with Crippen LogP contribution in [-0.4, -0.2) is 23.0 Å². The zero-order valence-electron chi connectivity index (χ0n) is 13.6. The second kappa shape index (κ2) is 10.8. The molecule has 0 fully saturated rings. The Balaban J connectivity index is 4.17. The fourth-order valence-corrected chi connectivity index (χ4v) is 1.64. The first-order valence-corrected chi connectivity index (χ1v) is 7.19. The summed E-state index contributed by atoms with van der Waals surface area (Å²) in [6.45, 7) is 0. The van der Waals surface area contributed by atoms with E-state index in [4.69, 9.17) is 32.1 Å². The summed E-state index contributed by atoms with van der Waals surface area (Å²) in [4.78, 5) is 31.3. The van der Waals surface area contributed by atoms with Gasteiger partial charge in [-0.1, -0.05) is 0 Å². The van der Waals surface area contributed by atoms with Crippen LogP contribution in [0.5, 0.6) is 0 Å². The molecule has 0 aliphatic rings. The van der Waals surface area contributed by atoms with E-state index in [9.17, 15) is 9.59 Å². The fraction of sp³-hybridized carbons (Fsp3) is 0.571. The van der Waals surface area contributed by atoms with Crippen LogP contribution in [0.4, 0.5) is 0 Å². The van der Waals surface area contributed by atoms with Gasteiger partial charge in [-0.3, -0.25) is 0 Å². The lowest BCUT2D eigenvalue weighted by atomic mass is 9.97. The summed E-state index contributed by atoms with van der Waals surface area (Å²) in [6, 6.07) is 6.28. The summed E-state index contributed by atoms with van der Waals surface area (Å²) >= 11 is 0. The van der Waals surface area contributed by atoms with Crippen molar-refractivity contribution in [1.29, 1.82) is 32.1 Å². The van der Waals surface area contributed by atoms with E-state index in [1.54, 1.807) is 24.3 Å². The highest BCUT2D eigenvalue weighted by molar-refractivity contribution is 5.72. The molecule has 2 N–H and O–H groups in total.